The minimum atomic E-state index is 1.14. The highest BCUT2D eigenvalue weighted by Gasteiger charge is 1.72. The van der Waals surface area contributed by atoms with Crippen molar-refractivity contribution in [1.82, 2.24) is 0 Å². The summed E-state index contributed by atoms with van der Waals surface area (Å²) in [7, 11) is 3.25. The van der Waals surface area contributed by atoms with E-state index in [0.29, 0.717) is 0 Å². The molecule has 0 fully saturated rings. The molecule has 0 unspecified atom stereocenters. The largest absolute Gasteiger partial charge is 0.388 e. The number of rotatable bonds is 0. The Hall–Kier alpha value is -0.560. The van der Waals surface area contributed by atoms with E-state index in [1.165, 1.54) is 0 Å². The van der Waals surface area contributed by atoms with Crippen LogP contribution in [0.1, 0.15) is 6.42 Å². The lowest BCUT2D eigenvalue weighted by atomic mass is 10.5. The van der Waals surface area contributed by atoms with Crippen LogP contribution in [0.5, 0.6) is 0 Å². The van der Waals surface area contributed by atoms with Gasteiger partial charge in [-0.2, -0.15) is 0 Å². The van der Waals surface area contributed by atoms with Gasteiger partial charge in [-0.05, 0) is 6.42 Å². The predicted molar refractivity (Wildman–Crippen MR) is 35.8 cm³/mol. The van der Waals surface area contributed by atoms with Gasteiger partial charge in [0.15, 0.2) is 0 Å². The summed E-state index contributed by atoms with van der Waals surface area (Å²) >= 11 is 0. The van der Waals surface area contributed by atoms with Crippen LogP contribution in [0.25, 0.3) is 0 Å². The highest BCUT2D eigenvalue weighted by molar-refractivity contribution is 5.11. The first-order chi connectivity index (χ1) is 3.91. The van der Waals surface area contributed by atoms with Gasteiger partial charge < -0.3 is 4.74 Å². The molecule has 0 aromatic rings. The summed E-state index contributed by atoms with van der Waals surface area (Å²) in [5.41, 5.74) is 0. The first kappa shape index (κ1) is 7.44. The van der Waals surface area contributed by atoms with E-state index >= 15 is 0 Å². The minimum absolute atomic E-state index is 1.14. The van der Waals surface area contributed by atoms with E-state index in [9.17, 15) is 0 Å². The lowest BCUT2D eigenvalue weighted by molar-refractivity contribution is 0.277. The Kier molecular flexibility index (Phi) is 5.99. The zero-order chi connectivity index (χ0) is 6.24. The molecule has 0 aromatic carbocycles. The van der Waals surface area contributed by atoms with Crippen molar-refractivity contribution >= 4 is 0 Å². The molecule has 0 N–H and O–H groups in total. The average molecular weight is 112 g/mol. The molecule has 1 aliphatic carbocycles. The maximum absolute atomic E-state index is 4.25. The Bertz CT molecular complexity index is 72.4. The van der Waals surface area contributed by atoms with Gasteiger partial charge in [-0.1, -0.05) is 24.3 Å². The maximum atomic E-state index is 4.25. The molecule has 0 radical (unpaired) electrons. The number of hydrogen-bond donors (Lipinski definition) is 0. The summed E-state index contributed by atoms with van der Waals surface area (Å²) in [6.45, 7) is 0. The summed E-state index contributed by atoms with van der Waals surface area (Å²) in [5.74, 6) is 0. The second-order valence-electron chi connectivity index (χ2n) is 1.50. The van der Waals surface area contributed by atoms with Crippen LogP contribution in [0.15, 0.2) is 24.3 Å². The van der Waals surface area contributed by atoms with Gasteiger partial charge in [-0.3, -0.25) is 0 Å². The van der Waals surface area contributed by atoms with Crippen LogP contribution in [0.4, 0.5) is 0 Å². The lowest BCUT2D eigenvalue weighted by Crippen LogP contribution is -1.55. The zero-order valence-corrected chi connectivity index (χ0v) is 5.42. The van der Waals surface area contributed by atoms with Crippen molar-refractivity contribution in [3.63, 3.8) is 0 Å². The van der Waals surface area contributed by atoms with Crippen LogP contribution >= 0.6 is 0 Å². The molecular weight excluding hydrogens is 100 g/mol. The summed E-state index contributed by atoms with van der Waals surface area (Å²) in [5, 5.41) is 0. The van der Waals surface area contributed by atoms with Crippen molar-refractivity contribution in [1.29, 1.82) is 0 Å². The van der Waals surface area contributed by atoms with Gasteiger partial charge in [0, 0.05) is 14.2 Å². The van der Waals surface area contributed by atoms with Crippen LogP contribution in [0.2, 0.25) is 0 Å². The summed E-state index contributed by atoms with van der Waals surface area (Å²) < 4.78 is 4.25. The van der Waals surface area contributed by atoms with Gasteiger partial charge in [0.05, 0.1) is 0 Å². The fourth-order valence-electron chi connectivity index (χ4n) is 0.393. The van der Waals surface area contributed by atoms with Gasteiger partial charge in [-0.15, -0.1) is 0 Å². The van der Waals surface area contributed by atoms with E-state index < -0.39 is 0 Å². The monoisotopic (exact) mass is 112 g/mol. The standard InChI is InChI=1S/C5H6.C2H6O/c1-2-4-5-3-1;1-3-2/h1-4H,5H2;1-2H3. The molecular formula is C7H12O. The molecule has 0 spiro atoms. The van der Waals surface area contributed by atoms with E-state index in [1.807, 2.05) is 0 Å². The Morgan fingerprint density at radius 2 is 1.50 bits per heavy atom. The molecule has 0 bridgehead atoms. The van der Waals surface area contributed by atoms with Crippen LogP contribution in [-0.4, -0.2) is 14.2 Å². The number of ether oxygens (including phenoxy) is 1. The van der Waals surface area contributed by atoms with Gasteiger partial charge in [-0.25, -0.2) is 0 Å². The van der Waals surface area contributed by atoms with Crippen molar-refractivity contribution in [2.45, 2.75) is 6.42 Å². The molecule has 46 valence electrons. The van der Waals surface area contributed by atoms with Gasteiger partial charge in [0.2, 0.25) is 0 Å². The van der Waals surface area contributed by atoms with Crippen molar-refractivity contribution in [2.75, 3.05) is 14.2 Å². The summed E-state index contributed by atoms with van der Waals surface area (Å²) in [6, 6.07) is 0. The van der Waals surface area contributed by atoms with Crippen LogP contribution < -0.4 is 0 Å². The van der Waals surface area contributed by atoms with Crippen LogP contribution in [0, 0.1) is 0 Å². The topological polar surface area (TPSA) is 9.23 Å². The maximum Gasteiger partial charge on any atom is 0.0351 e. The number of allylic oxidation sites excluding steroid dienone is 4. The predicted octanol–water partition coefficient (Wildman–Crippen LogP) is 1.77. The van der Waals surface area contributed by atoms with Gasteiger partial charge in [0.1, 0.15) is 0 Å². The quantitative estimate of drug-likeness (QED) is 0.464. The second-order valence-corrected chi connectivity index (χ2v) is 1.50. The molecule has 0 heterocycles. The highest BCUT2D eigenvalue weighted by atomic mass is 16.4. The van der Waals surface area contributed by atoms with Crippen molar-refractivity contribution in [3.05, 3.63) is 24.3 Å². The van der Waals surface area contributed by atoms with Crippen molar-refractivity contribution < 1.29 is 4.74 Å². The molecule has 0 amide bonds. The third-order valence-electron chi connectivity index (χ3n) is 0.655. The van der Waals surface area contributed by atoms with Crippen LogP contribution in [0.3, 0.4) is 0 Å². The molecule has 0 aliphatic heterocycles. The number of hydrogen-bond acceptors (Lipinski definition) is 1. The Morgan fingerprint density at radius 3 is 1.62 bits per heavy atom. The second kappa shape index (κ2) is 6.44. The third-order valence-corrected chi connectivity index (χ3v) is 0.655. The molecule has 0 saturated carbocycles. The van der Waals surface area contributed by atoms with Gasteiger partial charge in [0.25, 0.3) is 0 Å². The Balaban J connectivity index is 0.000000145. The van der Waals surface area contributed by atoms with E-state index in [2.05, 4.69) is 29.0 Å². The highest BCUT2D eigenvalue weighted by Crippen LogP contribution is 1.93. The third kappa shape index (κ3) is 5.44. The molecule has 1 rings (SSSR count). The lowest BCUT2D eigenvalue weighted by Gasteiger charge is -1.61. The molecule has 1 aliphatic rings. The fourth-order valence-corrected chi connectivity index (χ4v) is 0.393. The van der Waals surface area contributed by atoms with Gasteiger partial charge >= 0.3 is 0 Å². The minimum Gasteiger partial charge on any atom is -0.388 e. The summed E-state index contributed by atoms with van der Waals surface area (Å²) in [6.07, 6.45) is 9.50. The Morgan fingerprint density at radius 1 is 1.12 bits per heavy atom. The Labute approximate surface area is 50.7 Å². The molecule has 8 heavy (non-hydrogen) atoms. The van der Waals surface area contributed by atoms with E-state index in [1.54, 1.807) is 14.2 Å². The average Bonchev–Trinajstić information content (AvgIpc) is 2.17. The first-order valence-corrected chi connectivity index (χ1v) is 2.63. The molecule has 1 heteroatoms. The SMILES string of the molecule is C1=CCC=C1.COC. The molecule has 0 atom stereocenters. The van der Waals surface area contributed by atoms with Crippen LogP contribution in [-0.2, 0) is 4.74 Å². The van der Waals surface area contributed by atoms with E-state index in [0.717, 1.165) is 6.42 Å². The van der Waals surface area contributed by atoms with E-state index in [4.69, 9.17) is 0 Å². The number of methoxy groups -OCH3 is 1. The van der Waals surface area contributed by atoms with Crippen molar-refractivity contribution in [2.24, 2.45) is 0 Å². The first-order valence-electron chi connectivity index (χ1n) is 2.63. The molecule has 0 aromatic heterocycles. The summed E-state index contributed by atoms with van der Waals surface area (Å²) in [4.78, 5) is 0. The smallest absolute Gasteiger partial charge is 0.0351 e. The fraction of sp³-hybridized carbons (Fsp3) is 0.429. The molecule has 1 nitrogen and oxygen atoms in total. The normalized spacial score (nSPS) is 13.2. The zero-order valence-electron chi connectivity index (χ0n) is 5.42. The van der Waals surface area contributed by atoms with Crippen molar-refractivity contribution in [3.8, 4) is 0 Å². The molecule has 0 saturated heterocycles. The van der Waals surface area contributed by atoms with E-state index in [-0.39, 0.29) is 0 Å².